The minimum Gasteiger partial charge on any atom is -0.372 e. The minimum absolute atomic E-state index is 0.0110. The van der Waals surface area contributed by atoms with Crippen molar-refractivity contribution in [2.24, 2.45) is 0 Å². The van der Waals surface area contributed by atoms with E-state index in [0.29, 0.717) is 12.3 Å². The Kier molecular flexibility index (Phi) is 5.15. The first-order valence-corrected chi connectivity index (χ1v) is 5.26. The van der Waals surface area contributed by atoms with E-state index >= 15 is 0 Å². The number of nitrogens with one attached hydrogen (secondary N) is 2. The Morgan fingerprint density at radius 3 is 2.88 bits per heavy atom. The topological polar surface area (TPSA) is 85.2 Å². The number of hydrogen-bond acceptors (Lipinski definition) is 4. The molecule has 0 aliphatic heterocycles. The third kappa shape index (κ3) is 4.64. The van der Waals surface area contributed by atoms with E-state index in [4.69, 9.17) is 4.74 Å². The second-order valence-corrected chi connectivity index (χ2v) is 3.29. The zero-order chi connectivity index (χ0) is 12.7. The van der Waals surface area contributed by atoms with Gasteiger partial charge in [0.05, 0.1) is 11.9 Å². The van der Waals surface area contributed by atoms with Gasteiger partial charge in [-0.25, -0.2) is 0 Å². The maximum Gasteiger partial charge on any atom is 0.250 e. The van der Waals surface area contributed by atoms with Crippen LogP contribution in [0.4, 0.5) is 5.69 Å². The van der Waals surface area contributed by atoms with Gasteiger partial charge in [0.25, 0.3) is 0 Å². The number of likely N-dealkylation sites (N-methyl/N-ethyl adjacent to an activating group) is 1. The summed E-state index contributed by atoms with van der Waals surface area (Å²) in [5.41, 5.74) is 0.540. The summed E-state index contributed by atoms with van der Waals surface area (Å²) in [7, 11) is 1.55. The number of anilines is 1. The summed E-state index contributed by atoms with van der Waals surface area (Å²) in [6.45, 7) is 2.44. The molecule has 1 heterocycles. The molecule has 0 bridgehead atoms. The molecule has 2 amide bonds. The summed E-state index contributed by atoms with van der Waals surface area (Å²) in [5.74, 6) is -0.397. The molecule has 0 unspecified atom stereocenters. The second kappa shape index (κ2) is 6.64. The van der Waals surface area contributed by atoms with E-state index in [9.17, 15) is 9.59 Å². The summed E-state index contributed by atoms with van der Waals surface area (Å²) in [6, 6.07) is 0. The molecule has 1 aromatic heterocycles. The number of nitrogens with zero attached hydrogens (tertiary/aromatic N) is 2. The fourth-order valence-corrected chi connectivity index (χ4v) is 1.13. The van der Waals surface area contributed by atoms with Gasteiger partial charge in [0.1, 0.15) is 13.2 Å². The Morgan fingerprint density at radius 1 is 1.47 bits per heavy atom. The zero-order valence-corrected chi connectivity index (χ0v) is 9.90. The molecule has 0 fully saturated rings. The van der Waals surface area contributed by atoms with Crippen LogP contribution in [0.5, 0.6) is 0 Å². The van der Waals surface area contributed by atoms with Gasteiger partial charge in [0.2, 0.25) is 11.8 Å². The van der Waals surface area contributed by atoms with Crippen LogP contribution >= 0.6 is 0 Å². The van der Waals surface area contributed by atoms with E-state index in [2.05, 4.69) is 15.7 Å². The van der Waals surface area contributed by atoms with Crippen molar-refractivity contribution in [3.63, 3.8) is 0 Å². The number of rotatable bonds is 6. The lowest BCUT2D eigenvalue weighted by molar-refractivity contribution is -0.121. The van der Waals surface area contributed by atoms with Crippen molar-refractivity contribution in [1.29, 1.82) is 0 Å². The maximum atomic E-state index is 11.3. The molecular formula is C10H16N4O3. The normalized spacial score (nSPS) is 10.0. The Hall–Kier alpha value is -1.89. The molecule has 0 saturated carbocycles. The number of aromatic nitrogens is 2. The first kappa shape index (κ1) is 13.2. The SMILES string of the molecule is CCOCC(=O)Nc1cnn(CC(=O)NC)c1. The average molecular weight is 240 g/mol. The van der Waals surface area contributed by atoms with Gasteiger partial charge in [-0.15, -0.1) is 0 Å². The van der Waals surface area contributed by atoms with Crippen LogP contribution in [0.2, 0.25) is 0 Å². The second-order valence-electron chi connectivity index (χ2n) is 3.29. The molecule has 7 nitrogen and oxygen atoms in total. The molecule has 0 atom stereocenters. The van der Waals surface area contributed by atoms with Crippen LogP contribution in [-0.2, 0) is 20.9 Å². The van der Waals surface area contributed by atoms with Crippen LogP contribution < -0.4 is 10.6 Å². The van der Waals surface area contributed by atoms with E-state index < -0.39 is 0 Å². The smallest absolute Gasteiger partial charge is 0.250 e. The van der Waals surface area contributed by atoms with E-state index in [-0.39, 0.29) is 25.0 Å². The first-order valence-electron chi connectivity index (χ1n) is 5.26. The predicted molar refractivity (Wildman–Crippen MR) is 61.4 cm³/mol. The van der Waals surface area contributed by atoms with Crippen molar-refractivity contribution >= 4 is 17.5 Å². The van der Waals surface area contributed by atoms with Crippen LogP contribution in [0, 0.1) is 0 Å². The minimum atomic E-state index is -0.244. The largest absolute Gasteiger partial charge is 0.372 e. The lowest BCUT2D eigenvalue weighted by Gasteiger charge is -2.02. The summed E-state index contributed by atoms with van der Waals surface area (Å²) >= 11 is 0. The lowest BCUT2D eigenvalue weighted by atomic mass is 10.5. The van der Waals surface area contributed by atoms with Crippen molar-refractivity contribution in [2.45, 2.75) is 13.5 Å². The molecule has 0 radical (unpaired) electrons. The number of carbonyl (C=O) groups is 2. The third-order valence-electron chi connectivity index (χ3n) is 1.94. The van der Waals surface area contributed by atoms with Gasteiger partial charge in [0, 0.05) is 19.9 Å². The van der Waals surface area contributed by atoms with Crippen molar-refractivity contribution in [1.82, 2.24) is 15.1 Å². The van der Waals surface area contributed by atoms with E-state index in [1.807, 2.05) is 6.92 Å². The molecule has 0 saturated heterocycles. The van der Waals surface area contributed by atoms with Crippen molar-refractivity contribution < 1.29 is 14.3 Å². The Balaban J connectivity index is 2.45. The van der Waals surface area contributed by atoms with Gasteiger partial charge in [-0.05, 0) is 6.92 Å². The first-order chi connectivity index (χ1) is 8.15. The van der Waals surface area contributed by atoms with E-state index in [0.717, 1.165) is 0 Å². The van der Waals surface area contributed by atoms with Crippen molar-refractivity contribution in [2.75, 3.05) is 25.6 Å². The predicted octanol–water partition coefficient (Wildman–Crippen LogP) is -0.396. The van der Waals surface area contributed by atoms with Crippen LogP contribution in [0.25, 0.3) is 0 Å². The van der Waals surface area contributed by atoms with Crippen molar-refractivity contribution in [3.8, 4) is 0 Å². The van der Waals surface area contributed by atoms with Gasteiger partial charge in [-0.1, -0.05) is 0 Å². The Bertz CT molecular complexity index is 389. The van der Waals surface area contributed by atoms with Gasteiger partial charge in [-0.3, -0.25) is 14.3 Å². The molecule has 0 aromatic carbocycles. The standard InChI is InChI=1S/C10H16N4O3/c1-3-17-7-10(16)13-8-4-12-14(5-8)6-9(15)11-2/h4-5H,3,6-7H2,1-2H3,(H,11,15)(H,13,16). The highest BCUT2D eigenvalue weighted by atomic mass is 16.5. The van der Waals surface area contributed by atoms with Crippen molar-refractivity contribution in [3.05, 3.63) is 12.4 Å². The van der Waals surface area contributed by atoms with Gasteiger partial charge in [-0.2, -0.15) is 5.10 Å². The maximum absolute atomic E-state index is 11.3. The molecule has 1 aromatic rings. The molecule has 2 N–H and O–H groups in total. The fourth-order valence-electron chi connectivity index (χ4n) is 1.13. The number of carbonyl (C=O) groups excluding carboxylic acids is 2. The zero-order valence-electron chi connectivity index (χ0n) is 9.90. The van der Waals surface area contributed by atoms with Crippen LogP contribution in [0.3, 0.4) is 0 Å². The molecule has 0 aliphatic carbocycles. The number of amides is 2. The molecule has 17 heavy (non-hydrogen) atoms. The monoisotopic (exact) mass is 240 g/mol. The fraction of sp³-hybridized carbons (Fsp3) is 0.500. The summed E-state index contributed by atoms with van der Waals surface area (Å²) in [4.78, 5) is 22.4. The van der Waals surface area contributed by atoms with Crippen LogP contribution in [0.1, 0.15) is 6.92 Å². The summed E-state index contributed by atoms with van der Waals surface area (Å²) in [6.07, 6.45) is 3.06. The molecular weight excluding hydrogens is 224 g/mol. The Labute approximate surface area is 99.1 Å². The van der Waals surface area contributed by atoms with Gasteiger partial charge < -0.3 is 15.4 Å². The van der Waals surface area contributed by atoms with E-state index in [1.54, 1.807) is 13.2 Å². The van der Waals surface area contributed by atoms with Crippen LogP contribution in [-0.4, -0.2) is 41.9 Å². The Morgan fingerprint density at radius 2 is 2.24 bits per heavy atom. The van der Waals surface area contributed by atoms with Gasteiger partial charge >= 0.3 is 0 Å². The highest BCUT2D eigenvalue weighted by molar-refractivity contribution is 5.91. The molecule has 94 valence electrons. The quantitative estimate of drug-likeness (QED) is 0.708. The number of hydrogen-bond donors (Lipinski definition) is 2. The van der Waals surface area contributed by atoms with Crippen LogP contribution in [0.15, 0.2) is 12.4 Å². The lowest BCUT2D eigenvalue weighted by Crippen LogP contribution is -2.23. The van der Waals surface area contributed by atoms with E-state index in [1.165, 1.54) is 10.9 Å². The average Bonchev–Trinajstić information content (AvgIpc) is 2.73. The summed E-state index contributed by atoms with van der Waals surface area (Å²) in [5, 5.41) is 9.03. The third-order valence-corrected chi connectivity index (χ3v) is 1.94. The highest BCUT2D eigenvalue weighted by Gasteiger charge is 2.06. The number of ether oxygens (including phenoxy) is 1. The highest BCUT2D eigenvalue weighted by Crippen LogP contribution is 2.04. The molecule has 7 heteroatoms. The summed E-state index contributed by atoms with van der Waals surface area (Å²) < 4.78 is 6.39. The molecule has 0 aliphatic rings. The van der Waals surface area contributed by atoms with Gasteiger partial charge in [0.15, 0.2) is 0 Å². The molecule has 0 spiro atoms. The molecule has 1 rings (SSSR count).